The van der Waals surface area contributed by atoms with Crippen LogP contribution in [0.5, 0.6) is 5.75 Å². The largest absolute Gasteiger partial charge is 0.508 e. The van der Waals surface area contributed by atoms with E-state index in [0.29, 0.717) is 12.0 Å². The number of rotatable bonds is 5. The second-order valence-electron chi connectivity index (χ2n) is 4.46. The molecule has 0 saturated heterocycles. The molecule has 0 aliphatic heterocycles. The van der Waals surface area contributed by atoms with Gasteiger partial charge in [-0.25, -0.2) is 4.39 Å². The molecule has 1 aromatic carbocycles. The van der Waals surface area contributed by atoms with E-state index < -0.39 is 24.6 Å². The number of hydrogen-bond donors (Lipinski definition) is 1. The summed E-state index contributed by atoms with van der Waals surface area (Å²) in [5, 5.41) is 9.63. The van der Waals surface area contributed by atoms with Crippen LogP contribution < -0.4 is 0 Å². The number of halogens is 4. The molecule has 0 radical (unpaired) electrons. The molecule has 1 N–H and O–H groups in total. The Bertz CT molecular complexity index is 420. The minimum Gasteiger partial charge on any atom is -0.508 e. The summed E-state index contributed by atoms with van der Waals surface area (Å²) in [7, 11) is 0. The van der Waals surface area contributed by atoms with E-state index in [4.69, 9.17) is 0 Å². The molecular formula is C13H17F4NO. The summed E-state index contributed by atoms with van der Waals surface area (Å²) in [5.74, 6) is -0.943. The first-order valence-electron chi connectivity index (χ1n) is 6.03. The van der Waals surface area contributed by atoms with Crippen LogP contribution in [0.4, 0.5) is 17.6 Å². The van der Waals surface area contributed by atoms with Crippen molar-refractivity contribution in [3.63, 3.8) is 0 Å². The van der Waals surface area contributed by atoms with Gasteiger partial charge < -0.3 is 5.11 Å². The molecule has 0 aliphatic rings. The number of hydrogen-bond acceptors (Lipinski definition) is 2. The SMILES string of the molecule is CCCN(CC(F)(F)F)C(C)c1ccc(F)cc1O. The van der Waals surface area contributed by atoms with Gasteiger partial charge in [0.25, 0.3) is 0 Å². The molecule has 2 nitrogen and oxygen atoms in total. The van der Waals surface area contributed by atoms with E-state index in [1.807, 2.05) is 0 Å². The third-order valence-electron chi connectivity index (χ3n) is 2.88. The number of phenolic OH excluding ortho intramolecular Hbond substituents is 1. The average molecular weight is 279 g/mol. The van der Waals surface area contributed by atoms with Gasteiger partial charge in [-0.05, 0) is 26.0 Å². The predicted octanol–water partition coefficient (Wildman–Crippen LogP) is 3.87. The monoisotopic (exact) mass is 279 g/mol. The molecule has 0 amide bonds. The van der Waals surface area contributed by atoms with Gasteiger partial charge in [0.1, 0.15) is 11.6 Å². The van der Waals surface area contributed by atoms with Crippen molar-refractivity contribution in [3.05, 3.63) is 29.6 Å². The van der Waals surface area contributed by atoms with Crippen LogP contribution in [0.15, 0.2) is 18.2 Å². The number of benzene rings is 1. The van der Waals surface area contributed by atoms with Crippen molar-refractivity contribution in [3.8, 4) is 5.75 Å². The van der Waals surface area contributed by atoms with Crippen molar-refractivity contribution in [2.45, 2.75) is 32.5 Å². The Balaban J connectivity index is 2.95. The smallest absolute Gasteiger partial charge is 0.401 e. The van der Waals surface area contributed by atoms with Gasteiger partial charge in [0.2, 0.25) is 0 Å². The molecular weight excluding hydrogens is 262 g/mol. The summed E-state index contributed by atoms with van der Waals surface area (Å²) in [6.07, 6.45) is -3.75. The van der Waals surface area contributed by atoms with E-state index >= 15 is 0 Å². The Kier molecular flexibility index (Phi) is 5.17. The molecule has 0 bridgehead atoms. The molecule has 0 saturated carbocycles. The van der Waals surface area contributed by atoms with Gasteiger partial charge in [-0.3, -0.25) is 4.90 Å². The first-order chi connectivity index (χ1) is 8.74. The highest BCUT2D eigenvalue weighted by Crippen LogP contribution is 2.31. The summed E-state index contributed by atoms with van der Waals surface area (Å²) >= 11 is 0. The topological polar surface area (TPSA) is 23.5 Å². The van der Waals surface area contributed by atoms with Gasteiger partial charge in [0.15, 0.2) is 0 Å². The molecule has 1 unspecified atom stereocenters. The van der Waals surface area contributed by atoms with Crippen molar-refractivity contribution < 1.29 is 22.7 Å². The minimum absolute atomic E-state index is 0.248. The van der Waals surface area contributed by atoms with Crippen molar-refractivity contribution >= 4 is 0 Å². The van der Waals surface area contributed by atoms with E-state index in [0.717, 1.165) is 12.1 Å². The van der Waals surface area contributed by atoms with E-state index in [1.165, 1.54) is 11.0 Å². The highest BCUT2D eigenvalue weighted by atomic mass is 19.4. The Labute approximate surface area is 109 Å². The van der Waals surface area contributed by atoms with Crippen LogP contribution in [0.25, 0.3) is 0 Å². The Morgan fingerprint density at radius 3 is 2.42 bits per heavy atom. The van der Waals surface area contributed by atoms with Gasteiger partial charge in [0.05, 0.1) is 6.54 Å². The van der Waals surface area contributed by atoms with Crippen LogP contribution in [0, 0.1) is 5.82 Å². The standard InChI is InChI=1S/C13H17F4NO/c1-3-6-18(8-13(15,16)17)9(2)11-5-4-10(14)7-12(11)19/h4-5,7,9,19H,3,6,8H2,1-2H3. The third-order valence-corrected chi connectivity index (χ3v) is 2.88. The molecule has 108 valence electrons. The molecule has 6 heteroatoms. The summed E-state index contributed by atoms with van der Waals surface area (Å²) in [5.41, 5.74) is 0.291. The molecule has 0 heterocycles. The second kappa shape index (κ2) is 6.23. The van der Waals surface area contributed by atoms with Crippen LogP contribution in [0.3, 0.4) is 0 Å². The summed E-state index contributed by atoms with van der Waals surface area (Å²) < 4.78 is 50.4. The van der Waals surface area contributed by atoms with E-state index in [1.54, 1.807) is 13.8 Å². The second-order valence-corrected chi connectivity index (χ2v) is 4.46. The van der Waals surface area contributed by atoms with Gasteiger partial charge in [-0.2, -0.15) is 13.2 Å². The number of phenols is 1. The normalized spacial score (nSPS) is 13.8. The van der Waals surface area contributed by atoms with Gasteiger partial charge in [-0.1, -0.05) is 13.0 Å². The maximum atomic E-state index is 12.9. The van der Waals surface area contributed by atoms with Gasteiger partial charge in [0, 0.05) is 17.7 Å². The average Bonchev–Trinajstić information content (AvgIpc) is 2.26. The molecule has 0 fully saturated rings. The third kappa shape index (κ3) is 4.70. The van der Waals surface area contributed by atoms with Gasteiger partial charge >= 0.3 is 6.18 Å². The number of nitrogens with zero attached hydrogens (tertiary/aromatic N) is 1. The lowest BCUT2D eigenvalue weighted by Crippen LogP contribution is -2.36. The summed E-state index contributed by atoms with van der Waals surface area (Å²) in [6.45, 7) is 2.53. The first-order valence-corrected chi connectivity index (χ1v) is 6.03. The summed E-state index contributed by atoms with van der Waals surface area (Å²) in [4.78, 5) is 1.22. The highest BCUT2D eigenvalue weighted by Gasteiger charge is 2.33. The zero-order chi connectivity index (χ0) is 14.6. The highest BCUT2D eigenvalue weighted by molar-refractivity contribution is 5.35. The fourth-order valence-electron chi connectivity index (χ4n) is 1.99. The van der Waals surface area contributed by atoms with Crippen molar-refractivity contribution in [1.82, 2.24) is 4.90 Å². The Morgan fingerprint density at radius 2 is 1.95 bits per heavy atom. The predicted molar refractivity (Wildman–Crippen MR) is 64.4 cm³/mol. The van der Waals surface area contributed by atoms with E-state index in [2.05, 4.69) is 0 Å². The molecule has 0 spiro atoms. The van der Waals surface area contributed by atoms with Crippen LogP contribution in [-0.2, 0) is 0 Å². The Morgan fingerprint density at radius 1 is 1.32 bits per heavy atom. The number of aromatic hydroxyl groups is 1. The Hall–Kier alpha value is -1.30. The van der Waals surface area contributed by atoms with Crippen molar-refractivity contribution in [2.24, 2.45) is 0 Å². The maximum Gasteiger partial charge on any atom is 0.401 e. The maximum absolute atomic E-state index is 12.9. The number of alkyl halides is 3. The van der Waals surface area contributed by atoms with Crippen molar-refractivity contribution in [2.75, 3.05) is 13.1 Å². The van der Waals surface area contributed by atoms with Crippen molar-refractivity contribution in [1.29, 1.82) is 0 Å². The lowest BCUT2D eigenvalue weighted by Gasteiger charge is -2.30. The minimum atomic E-state index is -4.31. The quantitative estimate of drug-likeness (QED) is 0.827. The van der Waals surface area contributed by atoms with Crippen LogP contribution in [-0.4, -0.2) is 29.3 Å². The van der Waals surface area contributed by atoms with Crippen LogP contribution >= 0.6 is 0 Å². The van der Waals surface area contributed by atoms with E-state index in [-0.39, 0.29) is 12.3 Å². The fourth-order valence-corrected chi connectivity index (χ4v) is 1.99. The zero-order valence-electron chi connectivity index (χ0n) is 10.8. The van der Waals surface area contributed by atoms with Crippen LogP contribution in [0.2, 0.25) is 0 Å². The molecule has 0 aliphatic carbocycles. The molecule has 0 aromatic heterocycles. The lowest BCUT2D eigenvalue weighted by molar-refractivity contribution is -0.150. The molecule has 1 atom stereocenters. The first kappa shape index (κ1) is 15.8. The van der Waals surface area contributed by atoms with E-state index in [9.17, 15) is 22.7 Å². The summed E-state index contributed by atoms with van der Waals surface area (Å²) in [6, 6.07) is 2.71. The van der Waals surface area contributed by atoms with Gasteiger partial charge in [-0.15, -0.1) is 0 Å². The molecule has 1 aromatic rings. The fraction of sp³-hybridized carbons (Fsp3) is 0.538. The zero-order valence-corrected chi connectivity index (χ0v) is 10.8. The molecule has 1 rings (SSSR count). The van der Waals surface area contributed by atoms with Crippen LogP contribution in [0.1, 0.15) is 31.9 Å². The lowest BCUT2D eigenvalue weighted by atomic mass is 10.1. The molecule has 19 heavy (non-hydrogen) atoms.